The summed E-state index contributed by atoms with van der Waals surface area (Å²) >= 11 is 0. The molecular weight excluding hydrogens is 315 g/mol. The van der Waals surface area contributed by atoms with Crippen LogP contribution in [0.5, 0.6) is 0 Å². The summed E-state index contributed by atoms with van der Waals surface area (Å²) in [6, 6.07) is 21.6. The lowest BCUT2D eigenvalue weighted by molar-refractivity contribution is 0.0993. The fraction of sp³-hybridized carbons (Fsp3) is 0.0952. The highest BCUT2D eigenvalue weighted by Gasteiger charge is 2.38. The van der Waals surface area contributed by atoms with E-state index in [0.29, 0.717) is 5.56 Å². The van der Waals surface area contributed by atoms with Gasteiger partial charge in [0.1, 0.15) is 12.0 Å². The van der Waals surface area contributed by atoms with E-state index in [4.69, 9.17) is 0 Å². The molecule has 0 bridgehead atoms. The van der Waals surface area contributed by atoms with E-state index in [2.05, 4.69) is 5.32 Å². The van der Waals surface area contributed by atoms with Crippen LogP contribution in [-0.4, -0.2) is 5.91 Å². The summed E-state index contributed by atoms with van der Waals surface area (Å²) in [6.07, 6.45) is -0.338. The molecule has 0 aliphatic carbocycles. The van der Waals surface area contributed by atoms with E-state index >= 15 is 0 Å². The summed E-state index contributed by atoms with van der Waals surface area (Å²) in [6.45, 7) is 1.99. The molecule has 0 aromatic heterocycles. The molecule has 1 N–H and O–H groups in total. The number of carbonyl (C=O) groups is 1. The van der Waals surface area contributed by atoms with Gasteiger partial charge >= 0.3 is 0 Å². The zero-order chi connectivity index (χ0) is 17.4. The lowest BCUT2D eigenvalue weighted by Gasteiger charge is -2.28. The third kappa shape index (κ3) is 2.66. The fourth-order valence-electron chi connectivity index (χ4n) is 3.24. The Balaban J connectivity index is 1.80. The van der Waals surface area contributed by atoms with Crippen LogP contribution in [0.15, 0.2) is 72.8 Å². The number of fused-ring (bicyclic) bond motifs is 1. The van der Waals surface area contributed by atoms with Crippen LogP contribution in [-0.2, 0) is 0 Å². The Morgan fingerprint density at radius 1 is 0.920 bits per heavy atom. The van der Waals surface area contributed by atoms with Crippen molar-refractivity contribution in [1.82, 2.24) is 0 Å². The summed E-state index contributed by atoms with van der Waals surface area (Å²) in [5, 5.41) is 3.37. The smallest absolute Gasteiger partial charge is 0.260 e. The highest BCUT2D eigenvalue weighted by Crippen LogP contribution is 2.39. The van der Waals surface area contributed by atoms with Gasteiger partial charge in [0.15, 0.2) is 0 Å². The number of aryl methyl sites for hydroxylation is 1. The number of rotatable bonds is 3. The molecule has 25 heavy (non-hydrogen) atoms. The minimum atomic E-state index is -0.338. The van der Waals surface area contributed by atoms with Crippen LogP contribution in [0.1, 0.15) is 27.7 Å². The SMILES string of the molecule is Cc1ccccc1N1C(=O)c2ccccc2[C@@H]1Nc1ccc(F)cc1. The fourth-order valence-corrected chi connectivity index (χ4v) is 3.24. The number of amides is 1. The quantitative estimate of drug-likeness (QED) is 0.739. The van der Waals surface area contributed by atoms with Gasteiger partial charge in [-0.15, -0.1) is 0 Å². The molecule has 0 saturated carbocycles. The Hall–Kier alpha value is -3.14. The van der Waals surface area contributed by atoms with Crippen molar-refractivity contribution in [2.24, 2.45) is 0 Å². The molecule has 0 saturated heterocycles. The maximum atomic E-state index is 13.2. The molecule has 1 amide bonds. The molecule has 0 radical (unpaired) electrons. The normalized spacial score (nSPS) is 16.0. The highest BCUT2D eigenvalue weighted by molar-refractivity contribution is 6.11. The molecule has 3 nitrogen and oxygen atoms in total. The number of hydrogen-bond acceptors (Lipinski definition) is 2. The summed E-state index contributed by atoms with van der Waals surface area (Å²) in [4.78, 5) is 14.8. The second kappa shape index (κ2) is 6.06. The van der Waals surface area contributed by atoms with Crippen LogP contribution in [0.3, 0.4) is 0 Å². The Morgan fingerprint density at radius 3 is 2.36 bits per heavy atom. The predicted molar refractivity (Wildman–Crippen MR) is 97.2 cm³/mol. The van der Waals surface area contributed by atoms with Gasteiger partial charge in [0.05, 0.1) is 0 Å². The predicted octanol–water partition coefficient (Wildman–Crippen LogP) is 4.91. The first kappa shape index (κ1) is 15.4. The second-order valence-electron chi connectivity index (χ2n) is 6.10. The highest BCUT2D eigenvalue weighted by atomic mass is 19.1. The molecule has 1 atom stereocenters. The minimum Gasteiger partial charge on any atom is -0.361 e. The van der Waals surface area contributed by atoms with Crippen LogP contribution < -0.4 is 10.2 Å². The van der Waals surface area contributed by atoms with Gasteiger partial charge in [0.25, 0.3) is 5.91 Å². The van der Waals surface area contributed by atoms with Crippen molar-refractivity contribution < 1.29 is 9.18 Å². The van der Waals surface area contributed by atoms with E-state index in [9.17, 15) is 9.18 Å². The van der Waals surface area contributed by atoms with E-state index in [-0.39, 0.29) is 17.9 Å². The molecule has 3 aromatic carbocycles. The average molecular weight is 332 g/mol. The lowest BCUT2D eigenvalue weighted by Crippen LogP contribution is -2.32. The van der Waals surface area contributed by atoms with Crippen LogP contribution in [0, 0.1) is 12.7 Å². The molecule has 1 heterocycles. The third-order valence-corrected chi connectivity index (χ3v) is 4.49. The minimum absolute atomic E-state index is 0.0375. The number of halogens is 1. The van der Waals surface area contributed by atoms with Gasteiger partial charge in [0, 0.05) is 22.5 Å². The molecule has 0 fully saturated rings. The van der Waals surface area contributed by atoms with Crippen molar-refractivity contribution in [3.63, 3.8) is 0 Å². The summed E-state index contributed by atoms with van der Waals surface area (Å²) in [5.74, 6) is -0.325. The number of benzene rings is 3. The van der Waals surface area contributed by atoms with Crippen molar-refractivity contribution in [3.8, 4) is 0 Å². The van der Waals surface area contributed by atoms with Crippen molar-refractivity contribution in [2.75, 3.05) is 10.2 Å². The first-order valence-electron chi connectivity index (χ1n) is 8.15. The second-order valence-corrected chi connectivity index (χ2v) is 6.10. The number of para-hydroxylation sites is 1. The Bertz CT molecular complexity index is 937. The van der Waals surface area contributed by atoms with Gasteiger partial charge in [-0.2, -0.15) is 0 Å². The van der Waals surface area contributed by atoms with Gasteiger partial charge in [-0.05, 0) is 48.9 Å². The molecule has 0 spiro atoms. The zero-order valence-electron chi connectivity index (χ0n) is 13.7. The zero-order valence-corrected chi connectivity index (χ0v) is 13.7. The van der Waals surface area contributed by atoms with Crippen molar-refractivity contribution in [1.29, 1.82) is 0 Å². The van der Waals surface area contributed by atoms with Gasteiger partial charge in [-0.3, -0.25) is 9.69 Å². The van der Waals surface area contributed by atoms with Crippen molar-refractivity contribution in [3.05, 3.63) is 95.3 Å². The topological polar surface area (TPSA) is 32.3 Å². The van der Waals surface area contributed by atoms with Crippen molar-refractivity contribution >= 4 is 17.3 Å². The van der Waals surface area contributed by atoms with Gasteiger partial charge in [-0.25, -0.2) is 4.39 Å². The number of nitrogens with zero attached hydrogens (tertiary/aromatic N) is 1. The Kier molecular flexibility index (Phi) is 3.73. The van der Waals surface area contributed by atoms with Crippen LogP contribution in [0.25, 0.3) is 0 Å². The van der Waals surface area contributed by atoms with E-state index in [1.165, 1.54) is 12.1 Å². The van der Waals surface area contributed by atoms with Crippen LogP contribution in [0.2, 0.25) is 0 Å². The third-order valence-electron chi connectivity index (χ3n) is 4.49. The van der Waals surface area contributed by atoms with E-state index in [1.807, 2.05) is 55.5 Å². The van der Waals surface area contributed by atoms with Gasteiger partial charge in [-0.1, -0.05) is 36.4 Å². The Morgan fingerprint density at radius 2 is 1.60 bits per heavy atom. The van der Waals surface area contributed by atoms with Gasteiger partial charge < -0.3 is 5.32 Å². The number of anilines is 2. The van der Waals surface area contributed by atoms with Crippen molar-refractivity contribution in [2.45, 2.75) is 13.1 Å². The molecular formula is C21H17FN2O. The average Bonchev–Trinajstić information content (AvgIpc) is 2.90. The first-order valence-corrected chi connectivity index (χ1v) is 8.15. The van der Waals surface area contributed by atoms with E-state index in [1.54, 1.807) is 17.0 Å². The standard InChI is InChI=1S/C21H17FN2O/c1-14-6-2-5-9-19(14)24-20(23-16-12-10-15(22)11-13-16)17-7-3-4-8-18(17)21(24)25/h2-13,20,23H,1H3/t20-/m1/s1. The largest absolute Gasteiger partial charge is 0.361 e. The monoisotopic (exact) mass is 332 g/mol. The number of nitrogens with one attached hydrogen (secondary N) is 1. The number of hydrogen-bond donors (Lipinski definition) is 1. The molecule has 4 heteroatoms. The Labute approximate surface area is 145 Å². The molecule has 0 unspecified atom stereocenters. The van der Waals surface area contributed by atoms with Crippen LogP contribution >= 0.6 is 0 Å². The molecule has 124 valence electrons. The molecule has 1 aliphatic heterocycles. The summed E-state index contributed by atoms with van der Waals surface area (Å²) in [7, 11) is 0. The van der Waals surface area contributed by atoms with Gasteiger partial charge in [0.2, 0.25) is 0 Å². The van der Waals surface area contributed by atoms with Crippen LogP contribution in [0.4, 0.5) is 15.8 Å². The maximum absolute atomic E-state index is 13.2. The van der Waals surface area contributed by atoms with E-state index < -0.39 is 0 Å². The lowest BCUT2D eigenvalue weighted by atomic mass is 10.1. The maximum Gasteiger partial charge on any atom is 0.260 e. The van der Waals surface area contributed by atoms with E-state index in [0.717, 1.165) is 22.5 Å². The summed E-state index contributed by atoms with van der Waals surface area (Å²) < 4.78 is 13.2. The molecule has 4 rings (SSSR count). The molecule has 1 aliphatic rings. The molecule has 3 aromatic rings. The first-order chi connectivity index (χ1) is 12.1. The summed E-state index contributed by atoms with van der Waals surface area (Å²) in [5.41, 5.74) is 4.25. The number of carbonyl (C=O) groups excluding carboxylic acids is 1.